The van der Waals surface area contributed by atoms with E-state index in [4.69, 9.17) is 4.74 Å². The van der Waals surface area contributed by atoms with Crippen LogP contribution in [0.4, 0.5) is 0 Å². The fourth-order valence-corrected chi connectivity index (χ4v) is 2.73. The molecule has 0 saturated carbocycles. The summed E-state index contributed by atoms with van der Waals surface area (Å²) in [5.74, 6) is 1.63. The van der Waals surface area contributed by atoms with Crippen molar-refractivity contribution in [2.75, 3.05) is 7.11 Å². The normalized spacial score (nSPS) is 12.0. The van der Waals surface area contributed by atoms with Crippen molar-refractivity contribution in [3.63, 3.8) is 0 Å². The topological polar surface area (TPSA) is 79.9 Å². The summed E-state index contributed by atoms with van der Waals surface area (Å²) in [5, 5.41) is 10.3. The van der Waals surface area contributed by atoms with E-state index in [-0.39, 0.29) is 11.2 Å². The Kier molecular flexibility index (Phi) is 6.46. The Labute approximate surface area is 140 Å². The van der Waals surface area contributed by atoms with Crippen LogP contribution >= 0.6 is 11.8 Å². The molecular weight excluding hydrogens is 312 g/mol. The summed E-state index contributed by atoms with van der Waals surface area (Å²) in [7, 11) is 1.63. The zero-order chi connectivity index (χ0) is 16.7. The van der Waals surface area contributed by atoms with Gasteiger partial charge in [-0.05, 0) is 31.0 Å². The molecule has 1 amide bonds. The molecule has 1 atom stereocenters. The number of nitrogens with zero attached hydrogens (tertiary/aromatic N) is 2. The Balaban J connectivity index is 1.81. The van der Waals surface area contributed by atoms with Crippen molar-refractivity contribution in [1.29, 1.82) is 0 Å². The Morgan fingerprint density at radius 3 is 2.78 bits per heavy atom. The zero-order valence-electron chi connectivity index (χ0n) is 13.6. The first kappa shape index (κ1) is 17.3. The Bertz CT molecular complexity index is 627. The third-order valence-electron chi connectivity index (χ3n) is 3.28. The highest BCUT2D eigenvalue weighted by Gasteiger charge is 2.16. The van der Waals surface area contributed by atoms with Gasteiger partial charge in [-0.3, -0.25) is 9.89 Å². The molecule has 0 aliphatic heterocycles. The predicted octanol–water partition coefficient (Wildman–Crippen LogP) is 2.56. The molecule has 124 valence electrons. The number of aromatic amines is 1. The maximum Gasteiger partial charge on any atom is 0.233 e. The van der Waals surface area contributed by atoms with Crippen LogP contribution in [0, 0.1) is 0 Å². The standard InChI is InChI=1S/C16H22N4O2S/c1-4-5-14-18-16(20-19-14)23-11(2)15(21)17-10-12-6-8-13(22-3)9-7-12/h6-9,11H,4-5,10H2,1-3H3,(H,17,21)(H,18,19,20). The molecule has 0 aliphatic carbocycles. The molecule has 1 aromatic heterocycles. The summed E-state index contributed by atoms with van der Waals surface area (Å²) in [6.07, 6.45) is 1.88. The quantitative estimate of drug-likeness (QED) is 0.725. The number of aromatic nitrogens is 3. The molecule has 0 aliphatic rings. The van der Waals surface area contributed by atoms with Crippen LogP contribution in [-0.2, 0) is 17.8 Å². The number of thioether (sulfide) groups is 1. The van der Waals surface area contributed by atoms with E-state index >= 15 is 0 Å². The van der Waals surface area contributed by atoms with Crippen LogP contribution < -0.4 is 10.1 Å². The summed E-state index contributed by atoms with van der Waals surface area (Å²) in [5.41, 5.74) is 1.03. The second-order valence-electron chi connectivity index (χ2n) is 5.14. The molecule has 6 nitrogen and oxygen atoms in total. The first-order valence-electron chi connectivity index (χ1n) is 7.61. The number of amides is 1. The van der Waals surface area contributed by atoms with Gasteiger partial charge in [-0.1, -0.05) is 30.8 Å². The van der Waals surface area contributed by atoms with E-state index in [1.54, 1.807) is 7.11 Å². The number of carbonyl (C=O) groups is 1. The van der Waals surface area contributed by atoms with E-state index in [9.17, 15) is 4.79 Å². The molecule has 0 saturated heterocycles. The molecule has 2 N–H and O–H groups in total. The third kappa shape index (κ3) is 5.28. The SMILES string of the molecule is CCCc1nc(SC(C)C(=O)NCc2ccc(OC)cc2)n[nH]1. The smallest absolute Gasteiger partial charge is 0.233 e. The van der Waals surface area contributed by atoms with Crippen LogP contribution in [0.25, 0.3) is 0 Å². The van der Waals surface area contributed by atoms with Crippen LogP contribution in [0.5, 0.6) is 5.75 Å². The Morgan fingerprint density at radius 1 is 1.39 bits per heavy atom. The molecule has 23 heavy (non-hydrogen) atoms. The lowest BCUT2D eigenvalue weighted by Crippen LogP contribution is -2.30. The number of H-pyrrole nitrogens is 1. The van der Waals surface area contributed by atoms with Crippen molar-refractivity contribution in [2.24, 2.45) is 0 Å². The largest absolute Gasteiger partial charge is 0.497 e. The number of aryl methyl sites for hydroxylation is 1. The molecule has 7 heteroatoms. The monoisotopic (exact) mass is 334 g/mol. The van der Waals surface area contributed by atoms with E-state index in [0.717, 1.165) is 30.0 Å². The fourth-order valence-electron chi connectivity index (χ4n) is 1.97. The van der Waals surface area contributed by atoms with Crippen LogP contribution in [-0.4, -0.2) is 33.4 Å². The minimum atomic E-state index is -0.251. The number of benzene rings is 1. The summed E-state index contributed by atoms with van der Waals surface area (Å²) in [6.45, 7) is 4.43. The molecule has 1 heterocycles. The van der Waals surface area contributed by atoms with Gasteiger partial charge < -0.3 is 10.1 Å². The number of hydrogen-bond acceptors (Lipinski definition) is 5. The predicted molar refractivity (Wildman–Crippen MR) is 90.5 cm³/mol. The van der Waals surface area contributed by atoms with Gasteiger partial charge in [0.2, 0.25) is 11.1 Å². The maximum atomic E-state index is 12.2. The number of nitrogens with one attached hydrogen (secondary N) is 2. The second-order valence-corrected chi connectivity index (χ2v) is 6.45. The third-order valence-corrected chi connectivity index (χ3v) is 4.24. The molecule has 1 unspecified atom stereocenters. The van der Waals surface area contributed by atoms with Gasteiger partial charge in [-0.2, -0.15) is 0 Å². The maximum absolute atomic E-state index is 12.2. The van der Waals surface area contributed by atoms with Gasteiger partial charge in [0.05, 0.1) is 12.4 Å². The molecule has 1 aromatic carbocycles. The highest BCUT2D eigenvalue weighted by atomic mass is 32.2. The summed E-state index contributed by atoms with van der Waals surface area (Å²) in [6, 6.07) is 7.62. The molecule has 2 rings (SSSR count). The zero-order valence-corrected chi connectivity index (χ0v) is 14.4. The number of hydrogen-bond donors (Lipinski definition) is 2. The first-order chi connectivity index (χ1) is 11.1. The van der Waals surface area contributed by atoms with Gasteiger partial charge in [-0.25, -0.2) is 4.98 Å². The summed E-state index contributed by atoms with van der Waals surface area (Å²) < 4.78 is 5.11. The summed E-state index contributed by atoms with van der Waals surface area (Å²) >= 11 is 1.35. The Morgan fingerprint density at radius 2 is 2.13 bits per heavy atom. The van der Waals surface area contributed by atoms with Gasteiger partial charge in [0, 0.05) is 13.0 Å². The van der Waals surface area contributed by atoms with Crippen LogP contribution in [0.3, 0.4) is 0 Å². The van der Waals surface area contributed by atoms with Gasteiger partial charge >= 0.3 is 0 Å². The van der Waals surface area contributed by atoms with Crippen LogP contribution in [0.2, 0.25) is 0 Å². The van der Waals surface area contributed by atoms with Crippen LogP contribution in [0.1, 0.15) is 31.7 Å². The van der Waals surface area contributed by atoms with E-state index in [1.165, 1.54) is 11.8 Å². The minimum Gasteiger partial charge on any atom is -0.497 e. The van der Waals surface area contributed by atoms with Crippen molar-refractivity contribution in [2.45, 2.75) is 43.6 Å². The van der Waals surface area contributed by atoms with Crippen molar-refractivity contribution < 1.29 is 9.53 Å². The van der Waals surface area contributed by atoms with Gasteiger partial charge in [-0.15, -0.1) is 5.10 Å². The number of ether oxygens (including phenoxy) is 1. The Hall–Kier alpha value is -2.02. The van der Waals surface area contributed by atoms with Gasteiger partial charge in [0.25, 0.3) is 0 Å². The second kappa shape index (κ2) is 8.57. The van der Waals surface area contributed by atoms with Gasteiger partial charge in [0.1, 0.15) is 11.6 Å². The van der Waals surface area contributed by atoms with Crippen molar-refractivity contribution >= 4 is 17.7 Å². The lowest BCUT2D eigenvalue weighted by Gasteiger charge is -2.10. The molecule has 0 bridgehead atoms. The highest BCUT2D eigenvalue weighted by molar-refractivity contribution is 8.00. The molecule has 0 spiro atoms. The highest BCUT2D eigenvalue weighted by Crippen LogP contribution is 2.19. The summed E-state index contributed by atoms with van der Waals surface area (Å²) in [4.78, 5) is 16.5. The molecule has 2 aromatic rings. The van der Waals surface area contributed by atoms with Crippen molar-refractivity contribution in [3.05, 3.63) is 35.7 Å². The number of carbonyl (C=O) groups excluding carboxylic acids is 1. The van der Waals surface area contributed by atoms with Crippen molar-refractivity contribution in [1.82, 2.24) is 20.5 Å². The van der Waals surface area contributed by atoms with E-state index in [2.05, 4.69) is 27.4 Å². The minimum absolute atomic E-state index is 0.0346. The van der Waals surface area contributed by atoms with Crippen LogP contribution in [0.15, 0.2) is 29.4 Å². The number of rotatable bonds is 8. The molecule has 0 fully saturated rings. The molecular formula is C16H22N4O2S. The first-order valence-corrected chi connectivity index (χ1v) is 8.49. The number of methoxy groups -OCH3 is 1. The van der Waals surface area contributed by atoms with Gasteiger partial charge in [0.15, 0.2) is 0 Å². The van der Waals surface area contributed by atoms with E-state index in [0.29, 0.717) is 11.7 Å². The lowest BCUT2D eigenvalue weighted by molar-refractivity contribution is -0.120. The molecule has 0 radical (unpaired) electrons. The lowest BCUT2D eigenvalue weighted by atomic mass is 10.2. The van der Waals surface area contributed by atoms with E-state index < -0.39 is 0 Å². The fraction of sp³-hybridized carbons (Fsp3) is 0.438. The average molecular weight is 334 g/mol. The average Bonchev–Trinajstić information content (AvgIpc) is 3.00. The van der Waals surface area contributed by atoms with E-state index in [1.807, 2.05) is 31.2 Å². The van der Waals surface area contributed by atoms with Crippen molar-refractivity contribution in [3.8, 4) is 5.75 Å².